The first-order chi connectivity index (χ1) is 13.3. The summed E-state index contributed by atoms with van der Waals surface area (Å²) in [6.45, 7) is 7.30. The highest BCUT2D eigenvalue weighted by Crippen LogP contribution is 2.15. The van der Waals surface area contributed by atoms with Crippen molar-refractivity contribution in [2.24, 2.45) is 4.99 Å². The molecule has 0 saturated carbocycles. The molecule has 2 aromatic rings. The number of hydrogen-bond donors (Lipinski definition) is 2. The quantitative estimate of drug-likeness (QED) is 0.550. The molecule has 3 rings (SSSR count). The van der Waals surface area contributed by atoms with Crippen molar-refractivity contribution in [1.82, 2.24) is 25.4 Å². The Bertz CT molecular complexity index is 708. The smallest absolute Gasteiger partial charge is 0.191 e. The van der Waals surface area contributed by atoms with Gasteiger partial charge in [-0.1, -0.05) is 37.3 Å². The van der Waals surface area contributed by atoms with Gasteiger partial charge >= 0.3 is 0 Å². The fourth-order valence-corrected chi connectivity index (χ4v) is 3.25. The molecule has 0 bridgehead atoms. The van der Waals surface area contributed by atoms with Crippen molar-refractivity contribution >= 4 is 5.96 Å². The number of nitrogens with zero attached hydrogens (tertiary/aromatic N) is 4. The van der Waals surface area contributed by atoms with Crippen molar-refractivity contribution in [1.29, 1.82) is 0 Å². The Hall–Kier alpha value is -2.41. The zero-order chi connectivity index (χ0) is 18.9. The predicted octanol–water partition coefficient (Wildman–Crippen LogP) is 2.14. The summed E-state index contributed by atoms with van der Waals surface area (Å²) in [6, 6.07) is 10.5. The summed E-state index contributed by atoms with van der Waals surface area (Å²) in [4.78, 5) is 4.77. The van der Waals surface area contributed by atoms with Crippen LogP contribution in [0.1, 0.15) is 38.1 Å². The third kappa shape index (κ3) is 5.79. The molecule has 0 aliphatic carbocycles. The van der Waals surface area contributed by atoms with E-state index in [9.17, 15) is 0 Å². The number of hydrogen-bond acceptors (Lipinski definition) is 4. The van der Waals surface area contributed by atoms with Gasteiger partial charge in [-0.2, -0.15) is 0 Å². The Labute approximate surface area is 161 Å². The van der Waals surface area contributed by atoms with Crippen molar-refractivity contribution in [2.45, 2.75) is 58.3 Å². The Morgan fingerprint density at radius 3 is 2.96 bits per heavy atom. The van der Waals surface area contributed by atoms with E-state index in [-0.39, 0.29) is 12.1 Å². The van der Waals surface area contributed by atoms with Crippen LogP contribution >= 0.6 is 0 Å². The highest BCUT2D eigenvalue weighted by atomic mass is 16.5. The molecule has 7 heteroatoms. The first-order valence-electron chi connectivity index (χ1n) is 9.83. The number of rotatable bonds is 8. The van der Waals surface area contributed by atoms with Crippen LogP contribution in [0, 0.1) is 0 Å². The highest BCUT2D eigenvalue weighted by molar-refractivity contribution is 5.80. The molecular weight excluding hydrogens is 340 g/mol. The van der Waals surface area contributed by atoms with Gasteiger partial charge in [-0.25, -0.2) is 4.99 Å². The molecule has 2 N–H and O–H groups in total. The highest BCUT2D eigenvalue weighted by Gasteiger charge is 2.23. The molecule has 1 aliphatic heterocycles. The third-order valence-corrected chi connectivity index (χ3v) is 4.81. The zero-order valence-corrected chi connectivity index (χ0v) is 16.3. The number of benzene rings is 1. The van der Waals surface area contributed by atoms with E-state index in [1.807, 2.05) is 18.2 Å². The molecule has 146 valence electrons. The number of ether oxygens (including phenoxy) is 1. The minimum Gasteiger partial charge on any atom is -0.376 e. The summed E-state index contributed by atoms with van der Waals surface area (Å²) < 4.78 is 7.88. The van der Waals surface area contributed by atoms with E-state index >= 15 is 0 Å². The van der Waals surface area contributed by atoms with Crippen LogP contribution in [-0.2, 0) is 24.2 Å². The molecule has 2 atom stereocenters. The van der Waals surface area contributed by atoms with E-state index in [4.69, 9.17) is 9.73 Å². The van der Waals surface area contributed by atoms with Crippen LogP contribution < -0.4 is 10.6 Å². The summed E-state index contributed by atoms with van der Waals surface area (Å²) in [5.41, 5.74) is 1.19. The number of aromatic nitrogens is 3. The van der Waals surface area contributed by atoms with E-state index in [2.05, 4.69) is 51.4 Å². The lowest BCUT2D eigenvalue weighted by Gasteiger charge is -2.23. The van der Waals surface area contributed by atoms with E-state index in [1.165, 1.54) is 5.56 Å². The van der Waals surface area contributed by atoms with Gasteiger partial charge in [-0.05, 0) is 25.3 Å². The molecule has 27 heavy (non-hydrogen) atoms. The minimum absolute atomic E-state index is 0.218. The van der Waals surface area contributed by atoms with E-state index < -0.39 is 0 Å². The first kappa shape index (κ1) is 19.4. The molecule has 1 saturated heterocycles. The number of aliphatic imine (C=N–C) groups is 1. The fraction of sp³-hybridized carbons (Fsp3) is 0.550. The van der Waals surface area contributed by atoms with Crippen LogP contribution in [0.5, 0.6) is 0 Å². The second-order valence-electron chi connectivity index (χ2n) is 6.86. The molecule has 0 amide bonds. The Balaban J connectivity index is 1.59. The molecule has 0 radical (unpaired) electrons. The zero-order valence-electron chi connectivity index (χ0n) is 16.3. The number of nitrogens with one attached hydrogen (secondary N) is 2. The minimum atomic E-state index is 0.218. The van der Waals surface area contributed by atoms with Crippen molar-refractivity contribution in [3.63, 3.8) is 0 Å². The van der Waals surface area contributed by atoms with Crippen molar-refractivity contribution < 1.29 is 4.74 Å². The van der Waals surface area contributed by atoms with Crippen LogP contribution in [0.2, 0.25) is 0 Å². The lowest BCUT2D eigenvalue weighted by molar-refractivity contribution is 0.0890. The summed E-state index contributed by atoms with van der Waals surface area (Å²) in [5.74, 6) is 1.81. The standard InChI is InChI=1S/C20H30N6O/c1-3-19-25-23-15-26(19)12-11-21-20(22-14-17-8-5-4-6-9-17)24-16(2)18-10-7-13-27-18/h4-6,8-9,15-16,18H,3,7,10-14H2,1-2H3,(H2,21,22,24). The third-order valence-electron chi connectivity index (χ3n) is 4.81. The van der Waals surface area contributed by atoms with Crippen molar-refractivity contribution in [3.05, 3.63) is 48.0 Å². The summed E-state index contributed by atoms with van der Waals surface area (Å²) >= 11 is 0. The topological polar surface area (TPSA) is 76.4 Å². The van der Waals surface area contributed by atoms with Crippen LogP contribution in [0.25, 0.3) is 0 Å². The maximum Gasteiger partial charge on any atom is 0.191 e. The van der Waals surface area contributed by atoms with E-state index in [0.717, 1.165) is 50.7 Å². The Kier molecular flexibility index (Phi) is 7.21. The maximum atomic E-state index is 5.81. The Morgan fingerprint density at radius 1 is 1.37 bits per heavy atom. The number of aryl methyl sites for hydroxylation is 1. The van der Waals surface area contributed by atoms with Gasteiger partial charge in [0.2, 0.25) is 0 Å². The molecule has 1 aromatic carbocycles. The van der Waals surface area contributed by atoms with Gasteiger partial charge in [-0.3, -0.25) is 0 Å². The SMILES string of the molecule is CCc1nncn1CCNC(=NCc1ccccc1)NC(C)C1CCCO1. The second-order valence-corrected chi connectivity index (χ2v) is 6.86. The van der Waals surface area contributed by atoms with Gasteiger partial charge in [-0.15, -0.1) is 10.2 Å². The largest absolute Gasteiger partial charge is 0.376 e. The molecule has 0 spiro atoms. The van der Waals surface area contributed by atoms with Crippen LogP contribution in [0.3, 0.4) is 0 Å². The van der Waals surface area contributed by atoms with Gasteiger partial charge in [0.25, 0.3) is 0 Å². The average Bonchev–Trinajstić information content (AvgIpc) is 3.38. The van der Waals surface area contributed by atoms with Crippen molar-refractivity contribution in [2.75, 3.05) is 13.2 Å². The van der Waals surface area contributed by atoms with E-state index in [1.54, 1.807) is 6.33 Å². The Morgan fingerprint density at radius 2 is 2.22 bits per heavy atom. The molecular formula is C20H30N6O. The maximum absolute atomic E-state index is 5.81. The molecule has 1 aromatic heterocycles. The van der Waals surface area contributed by atoms with Crippen LogP contribution in [-0.4, -0.2) is 46.0 Å². The van der Waals surface area contributed by atoms with E-state index in [0.29, 0.717) is 6.54 Å². The first-order valence-corrected chi connectivity index (χ1v) is 9.83. The second kappa shape index (κ2) is 10.1. The predicted molar refractivity (Wildman–Crippen MR) is 107 cm³/mol. The van der Waals surface area contributed by atoms with Gasteiger partial charge in [0.05, 0.1) is 18.7 Å². The number of guanidine groups is 1. The average molecular weight is 371 g/mol. The molecule has 2 heterocycles. The molecule has 1 fully saturated rings. The lowest BCUT2D eigenvalue weighted by Crippen LogP contribution is -2.47. The molecule has 1 aliphatic rings. The molecule has 7 nitrogen and oxygen atoms in total. The lowest BCUT2D eigenvalue weighted by atomic mass is 10.1. The van der Waals surface area contributed by atoms with Crippen molar-refractivity contribution in [3.8, 4) is 0 Å². The monoisotopic (exact) mass is 370 g/mol. The van der Waals surface area contributed by atoms with Gasteiger partial charge < -0.3 is 19.9 Å². The van der Waals surface area contributed by atoms with Crippen LogP contribution in [0.15, 0.2) is 41.7 Å². The van der Waals surface area contributed by atoms with Gasteiger partial charge in [0.15, 0.2) is 5.96 Å². The summed E-state index contributed by atoms with van der Waals surface area (Å²) in [6.07, 6.45) is 5.14. The summed E-state index contributed by atoms with van der Waals surface area (Å²) in [5, 5.41) is 15.1. The summed E-state index contributed by atoms with van der Waals surface area (Å²) in [7, 11) is 0. The van der Waals surface area contributed by atoms with Gasteiger partial charge in [0.1, 0.15) is 12.2 Å². The van der Waals surface area contributed by atoms with Crippen LogP contribution in [0.4, 0.5) is 0 Å². The normalized spacial score (nSPS) is 18.4. The fourth-order valence-electron chi connectivity index (χ4n) is 3.25. The molecule has 2 unspecified atom stereocenters. The van der Waals surface area contributed by atoms with Gasteiger partial charge in [0, 0.05) is 26.1 Å².